The molecule has 0 aromatic rings. The molecule has 0 heterocycles. The maximum atomic E-state index is 11.4. The highest BCUT2D eigenvalue weighted by Crippen LogP contribution is 2.23. The normalized spacial score (nSPS) is 25.0. The van der Waals surface area contributed by atoms with E-state index in [1.165, 1.54) is 21.1 Å². The summed E-state index contributed by atoms with van der Waals surface area (Å²) < 4.78 is 14.6. The van der Waals surface area contributed by atoms with Crippen LogP contribution in [0.2, 0.25) is 0 Å². The van der Waals surface area contributed by atoms with Crippen LogP contribution in [0.4, 0.5) is 0 Å². The summed E-state index contributed by atoms with van der Waals surface area (Å²) in [5, 5.41) is 9.77. The smallest absolute Gasteiger partial charge is 0.334 e. The Hall–Kier alpha value is -1.40. The van der Waals surface area contributed by atoms with Crippen LogP contribution in [-0.2, 0) is 23.8 Å². The maximum absolute atomic E-state index is 11.4. The van der Waals surface area contributed by atoms with Gasteiger partial charge in [0.1, 0.15) is 0 Å². The number of hydrogen-bond donors (Lipinski definition) is 1. The monoisotopic (exact) mass is 258 g/mol. The fourth-order valence-corrected chi connectivity index (χ4v) is 1.77. The summed E-state index contributed by atoms with van der Waals surface area (Å²) in [6.45, 7) is 1.54. The van der Waals surface area contributed by atoms with Crippen molar-refractivity contribution >= 4 is 11.9 Å². The predicted molar refractivity (Wildman–Crippen MR) is 61.7 cm³/mol. The second-order valence-corrected chi connectivity index (χ2v) is 4.07. The maximum Gasteiger partial charge on any atom is 0.334 e. The van der Waals surface area contributed by atoms with Crippen LogP contribution in [-0.4, -0.2) is 49.6 Å². The molecule has 0 spiro atoms. The number of ether oxygens (including phenoxy) is 3. The van der Waals surface area contributed by atoms with Crippen molar-refractivity contribution in [1.29, 1.82) is 0 Å². The zero-order chi connectivity index (χ0) is 13.7. The Bertz CT molecular complexity index is 348. The van der Waals surface area contributed by atoms with Crippen LogP contribution in [0.15, 0.2) is 11.6 Å². The number of hydrogen-bond acceptors (Lipinski definition) is 6. The molecule has 1 aliphatic rings. The van der Waals surface area contributed by atoms with Gasteiger partial charge in [0.2, 0.25) is 0 Å². The van der Waals surface area contributed by atoms with E-state index >= 15 is 0 Å². The largest absolute Gasteiger partial charge is 0.467 e. The van der Waals surface area contributed by atoms with Gasteiger partial charge in [0.25, 0.3) is 0 Å². The highest BCUT2D eigenvalue weighted by molar-refractivity contribution is 5.88. The molecule has 6 nitrogen and oxygen atoms in total. The summed E-state index contributed by atoms with van der Waals surface area (Å²) >= 11 is 0. The third-order valence-corrected chi connectivity index (χ3v) is 2.82. The van der Waals surface area contributed by atoms with Gasteiger partial charge in [0.15, 0.2) is 6.10 Å². The van der Waals surface area contributed by atoms with Crippen LogP contribution in [0.25, 0.3) is 0 Å². The molecule has 0 saturated heterocycles. The summed E-state index contributed by atoms with van der Waals surface area (Å²) in [5.41, 5.74) is 0.449. The van der Waals surface area contributed by atoms with E-state index in [1.54, 1.807) is 6.08 Å². The molecular weight excluding hydrogens is 240 g/mol. The van der Waals surface area contributed by atoms with E-state index in [0.717, 1.165) is 0 Å². The van der Waals surface area contributed by atoms with Gasteiger partial charge in [0.05, 0.1) is 26.4 Å². The van der Waals surface area contributed by atoms with Gasteiger partial charge in [-0.3, -0.25) is 0 Å². The topological polar surface area (TPSA) is 82.1 Å². The standard InChI is InChI=1S/C12H18O6/c1-7(11(14)16-2)18-10-6-8(12(15)17-3)4-5-9(10)13/h4,7,9-10,13H,5-6H2,1-3H3/t7-,9-,10-/m1/s1. The number of esters is 2. The quantitative estimate of drug-likeness (QED) is 0.725. The third kappa shape index (κ3) is 3.54. The number of aliphatic hydroxyl groups excluding tert-OH is 1. The molecule has 0 aromatic carbocycles. The molecule has 0 bridgehead atoms. The molecule has 0 unspecified atom stereocenters. The van der Waals surface area contributed by atoms with Gasteiger partial charge in [-0.15, -0.1) is 0 Å². The van der Waals surface area contributed by atoms with E-state index in [4.69, 9.17) is 4.74 Å². The van der Waals surface area contributed by atoms with Gasteiger partial charge in [-0.2, -0.15) is 0 Å². The number of rotatable bonds is 4. The molecule has 1 rings (SSSR count). The van der Waals surface area contributed by atoms with E-state index in [-0.39, 0.29) is 6.42 Å². The molecule has 0 fully saturated rings. The zero-order valence-corrected chi connectivity index (χ0v) is 10.7. The van der Waals surface area contributed by atoms with Crippen molar-refractivity contribution in [2.75, 3.05) is 14.2 Å². The Morgan fingerprint density at radius 1 is 1.39 bits per heavy atom. The van der Waals surface area contributed by atoms with Crippen molar-refractivity contribution in [1.82, 2.24) is 0 Å². The van der Waals surface area contributed by atoms with Gasteiger partial charge in [-0.05, 0) is 13.3 Å². The van der Waals surface area contributed by atoms with Crippen molar-refractivity contribution in [3.8, 4) is 0 Å². The lowest BCUT2D eigenvalue weighted by Gasteiger charge is -2.28. The lowest BCUT2D eigenvalue weighted by Crippen LogP contribution is -2.38. The molecule has 0 aliphatic heterocycles. The molecule has 0 radical (unpaired) electrons. The summed E-state index contributed by atoms with van der Waals surface area (Å²) in [6.07, 6.45) is -0.00694. The Kier molecular flexibility index (Phi) is 5.30. The molecule has 3 atom stereocenters. The second kappa shape index (κ2) is 6.51. The fraction of sp³-hybridized carbons (Fsp3) is 0.667. The average molecular weight is 258 g/mol. The summed E-state index contributed by atoms with van der Waals surface area (Å²) in [5.74, 6) is -0.961. The van der Waals surface area contributed by atoms with E-state index in [2.05, 4.69) is 9.47 Å². The van der Waals surface area contributed by atoms with Crippen molar-refractivity contribution in [2.24, 2.45) is 0 Å². The molecule has 6 heteroatoms. The van der Waals surface area contributed by atoms with Crippen molar-refractivity contribution < 1.29 is 28.9 Å². The first-order valence-electron chi connectivity index (χ1n) is 5.68. The van der Waals surface area contributed by atoms with E-state index in [0.29, 0.717) is 12.0 Å². The van der Waals surface area contributed by atoms with Gasteiger partial charge in [-0.25, -0.2) is 9.59 Å². The van der Waals surface area contributed by atoms with Crippen molar-refractivity contribution in [3.63, 3.8) is 0 Å². The van der Waals surface area contributed by atoms with Gasteiger partial charge < -0.3 is 19.3 Å². The number of methoxy groups -OCH3 is 2. The lowest BCUT2D eigenvalue weighted by molar-refractivity contribution is -0.161. The Balaban J connectivity index is 2.64. The number of aliphatic hydroxyl groups is 1. The van der Waals surface area contributed by atoms with Crippen LogP contribution in [0.1, 0.15) is 19.8 Å². The molecular formula is C12H18O6. The summed E-state index contributed by atoms with van der Waals surface area (Å²) in [4.78, 5) is 22.6. The average Bonchev–Trinajstić information content (AvgIpc) is 2.39. The predicted octanol–water partition coefficient (Wildman–Crippen LogP) is 0.187. The van der Waals surface area contributed by atoms with Crippen molar-refractivity contribution in [2.45, 2.75) is 38.1 Å². The molecule has 0 aromatic heterocycles. The SMILES string of the molecule is COC(=O)C1=CC[C@@H](O)[C@H](O[C@H](C)C(=O)OC)C1. The molecule has 1 N–H and O–H groups in total. The minimum atomic E-state index is -0.786. The molecule has 1 aliphatic carbocycles. The molecule has 102 valence electrons. The van der Waals surface area contributed by atoms with Crippen LogP contribution >= 0.6 is 0 Å². The second-order valence-electron chi connectivity index (χ2n) is 4.07. The van der Waals surface area contributed by atoms with Crippen LogP contribution in [0.3, 0.4) is 0 Å². The number of carbonyl (C=O) groups excluding carboxylic acids is 2. The summed E-state index contributed by atoms with van der Waals surface area (Å²) in [6, 6.07) is 0. The first-order valence-corrected chi connectivity index (χ1v) is 5.68. The zero-order valence-electron chi connectivity index (χ0n) is 10.7. The van der Waals surface area contributed by atoms with Gasteiger partial charge in [-0.1, -0.05) is 6.08 Å². The van der Waals surface area contributed by atoms with Crippen molar-refractivity contribution in [3.05, 3.63) is 11.6 Å². The third-order valence-electron chi connectivity index (χ3n) is 2.82. The first-order chi connectivity index (χ1) is 8.49. The fourth-order valence-electron chi connectivity index (χ4n) is 1.77. The Labute approximate surface area is 106 Å². The Morgan fingerprint density at radius 3 is 2.61 bits per heavy atom. The highest BCUT2D eigenvalue weighted by atomic mass is 16.6. The van der Waals surface area contributed by atoms with Crippen LogP contribution in [0, 0.1) is 0 Å². The Morgan fingerprint density at radius 2 is 2.06 bits per heavy atom. The van der Waals surface area contributed by atoms with E-state index < -0.39 is 30.3 Å². The number of carbonyl (C=O) groups is 2. The minimum Gasteiger partial charge on any atom is -0.467 e. The lowest BCUT2D eigenvalue weighted by atomic mass is 9.94. The van der Waals surface area contributed by atoms with E-state index in [9.17, 15) is 14.7 Å². The highest BCUT2D eigenvalue weighted by Gasteiger charge is 2.31. The van der Waals surface area contributed by atoms with Crippen LogP contribution < -0.4 is 0 Å². The van der Waals surface area contributed by atoms with Gasteiger partial charge in [0, 0.05) is 12.0 Å². The summed E-state index contributed by atoms with van der Waals surface area (Å²) in [7, 11) is 2.56. The molecule has 18 heavy (non-hydrogen) atoms. The van der Waals surface area contributed by atoms with Gasteiger partial charge >= 0.3 is 11.9 Å². The van der Waals surface area contributed by atoms with E-state index in [1.807, 2.05) is 0 Å². The van der Waals surface area contributed by atoms with Crippen LogP contribution in [0.5, 0.6) is 0 Å². The minimum absolute atomic E-state index is 0.217. The molecule has 0 saturated carbocycles. The first kappa shape index (κ1) is 14.7. The molecule has 0 amide bonds.